The number of hydrogen-bond acceptors (Lipinski definition) is 4. The second kappa shape index (κ2) is 7.55. The van der Waals surface area contributed by atoms with Gasteiger partial charge in [0.25, 0.3) is 0 Å². The monoisotopic (exact) mass is 320 g/mol. The number of rotatable bonds is 6. The van der Waals surface area contributed by atoms with Gasteiger partial charge in [-0.2, -0.15) is 0 Å². The van der Waals surface area contributed by atoms with Crippen LogP contribution in [0.4, 0.5) is 0 Å². The maximum absolute atomic E-state index is 12.4. The maximum atomic E-state index is 12.4. The number of aryl methyl sites for hydroxylation is 1. The first-order chi connectivity index (χ1) is 11.0. The number of carbonyl (C=O) groups is 2. The van der Waals surface area contributed by atoms with Crippen molar-refractivity contribution >= 4 is 11.9 Å². The fourth-order valence-electron chi connectivity index (χ4n) is 3.26. The Labute approximate surface area is 136 Å². The summed E-state index contributed by atoms with van der Waals surface area (Å²) in [4.78, 5) is 29.8. The Bertz CT molecular complexity index is 549. The number of aliphatic hydroxyl groups excluding tert-OH is 1. The van der Waals surface area contributed by atoms with E-state index in [-0.39, 0.29) is 12.5 Å². The zero-order chi connectivity index (χ0) is 16.9. The van der Waals surface area contributed by atoms with Crippen LogP contribution >= 0.6 is 0 Å². The second-order valence-corrected chi connectivity index (χ2v) is 6.19. The van der Waals surface area contributed by atoms with Crippen LogP contribution in [-0.4, -0.2) is 51.2 Å². The number of aliphatic carboxylic acids is 1. The predicted molar refractivity (Wildman–Crippen MR) is 84.7 cm³/mol. The quantitative estimate of drug-likeness (QED) is 0.828. The number of carboxylic acids is 1. The van der Waals surface area contributed by atoms with Crippen LogP contribution in [0.25, 0.3) is 0 Å². The largest absolute Gasteiger partial charge is 0.481 e. The number of aliphatic hydroxyl groups is 1. The molecule has 2 heterocycles. The molecule has 1 amide bonds. The fraction of sp³-hybridized carbons (Fsp3) is 0.588. The molecule has 126 valence electrons. The van der Waals surface area contributed by atoms with Crippen LogP contribution in [0.3, 0.4) is 0 Å². The van der Waals surface area contributed by atoms with Gasteiger partial charge in [0.05, 0.1) is 6.10 Å². The molecule has 2 rings (SSSR count). The van der Waals surface area contributed by atoms with E-state index in [1.54, 1.807) is 17.3 Å². The summed E-state index contributed by atoms with van der Waals surface area (Å²) in [6.07, 6.45) is 4.75. The van der Waals surface area contributed by atoms with Gasteiger partial charge in [-0.3, -0.25) is 14.6 Å². The Morgan fingerprint density at radius 3 is 2.87 bits per heavy atom. The Kier molecular flexibility index (Phi) is 5.71. The highest BCUT2D eigenvalue weighted by atomic mass is 16.4. The van der Waals surface area contributed by atoms with Gasteiger partial charge in [-0.15, -0.1) is 0 Å². The molecule has 0 unspecified atom stereocenters. The Hall–Kier alpha value is -1.95. The zero-order valence-electron chi connectivity index (χ0n) is 13.4. The molecule has 1 aromatic heterocycles. The van der Waals surface area contributed by atoms with Gasteiger partial charge in [0, 0.05) is 31.9 Å². The SMILES string of the molecule is CCC[C@@]1(C(=O)O)CN(C(=O)CCc2cccnc2)CC[C@@H]1O. The van der Waals surface area contributed by atoms with Gasteiger partial charge in [-0.05, 0) is 30.9 Å². The molecule has 1 aliphatic rings. The lowest BCUT2D eigenvalue weighted by Crippen LogP contribution is -2.57. The number of likely N-dealkylation sites (tertiary alicyclic amines) is 1. The summed E-state index contributed by atoms with van der Waals surface area (Å²) < 4.78 is 0. The van der Waals surface area contributed by atoms with E-state index in [1.165, 1.54) is 0 Å². The number of pyridine rings is 1. The standard InChI is InChI=1S/C17H24N2O4/c1-2-8-17(16(22)23)12-19(10-7-14(17)20)15(21)6-5-13-4-3-9-18-11-13/h3-4,9,11,14,20H,2,5-8,10,12H2,1H3,(H,22,23)/t14-,17+/m0/s1. The van der Waals surface area contributed by atoms with E-state index >= 15 is 0 Å². The van der Waals surface area contributed by atoms with Crippen LogP contribution < -0.4 is 0 Å². The molecule has 0 radical (unpaired) electrons. The summed E-state index contributed by atoms with van der Waals surface area (Å²) in [6.45, 7) is 2.38. The van der Waals surface area contributed by atoms with Crippen molar-refractivity contribution in [2.45, 2.75) is 45.1 Å². The van der Waals surface area contributed by atoms with E-state index in [4.69, 9.17) is 0 Å². The van der Waals surface area contributed by atoms with Crippen molar-refractivity contribution in [1.82, 2.24) is 9.88 Å². The third-order valence-electron chi connectivity index (χ3n) is 4.61. The van der Waals surface area contributed by atoms with Crippen LogP contribution in [0, 0.1) is 5.41 Å². The summed E-state index contributed by atoms with van der Waals surface area (Å²) in [7, 11) is 0. The van der Waals surface area contributed by atoms with E-state index in [0.29, 0.717) is 38.6 Å². The van der Waals surface area contributed by atoms with E-state index in [1.807, 2.05) is 19.1 Å². The molecular formula is C17H24N2O4. The first-order valence-corrected chi connectivity index (χ1v) is 8.07. The molecule has 6 heteroatoms. The number of hydrogen-bond donors (Lipinski definition) is 2. The van der Waals surface area contributed by atoms with Gasteiger partial charge in [0.2, 0.25) is 5.91 Å². The molecule has 23 heavy (non-hydrogen) atoms. The molecule has 2 N–H and O–H groups in total. The van der Waals surface area contributed by atoms with Crippen LogP contribution in [-0.2, 0) is 16.0 Å². The molecule has 0 aliphatic carbocycles. The topological polar surface area (TPSA) is 90.7 Å². The minimum Gasteiger partial charge on any atom is -0.481 e. The molecule has 0 aromatic carbocycles. The van der Waals surface area contributed by atoms with E-state index in [9.17, 15) is 19.8 Å². The molecule has 0 saturated carbocycles. The number of piperidine rings is 1. The summed E-state index contributed by atoms with van der Waals surface area (Å²) >= 11 is 0. The first kappa shape index (κ1) is 17.4. The molecule has 1 aliphatic heterocycles. The van der Waals surface area contributed by atoms with Crippen molar-refractivity contribution in [3.8, 4) is 0 Å². The number of amides is 1. The molecule has 1 fully saturated rings. The van der Waals surface area contributed by atoms with Gasteiger partial charge in [-0.1, -0.05) is 19.4 Å². The van der Waals surface area contributed by atoms with Crippen molar-refractivity contribution in [3.63, 3.8) is 0 Å². The van der Waals surface area contributed by atoms with Gasteiger partial charge < -0.3 is 15.1 Å². The fourth-order valence-corrected chi connectivity index (χ4v) is 3.26. The molecule has 0 spiro atoms. The lowest BCUT2D eigenvalue weighted by atomic mass is 9.74. The minimum absolute atomic E-state index is 0.0671. The lowest BCUT2D eigenvalue weighted by Gasteiger charge is -2.43. The minimum atomic E-state index is -1.24. The lowest BCUT2D eigenvalue weighted by molar-refractivity contribution is -0.166. The number of aromatic nitrogens is 1. The Balaban J connectivity index is 2.02. The molecule has 6 nitrogen and oxygen atoms in total. The number of nitrogens with zero attached hydrogens (tertiary/aromatic N) is 2. The molecule has 1 aromatic rings. The smallest absolute Gasteiger partial charge is 0.314 e. The Morgan fingerprint density at radius 1 is 1.48 bits per heavy atom. The summed E-state index contributed by atoms with van der Waals surface area (Å²) in [5.74, 6) is -1.08. The predicted octanol–water partition coefficient (Wildman–Crippen LogP) is 1.48. The highest BCUT2D eigenvalue weighted by Crippen LogP contribution is 2.35. The molecule has 0 bridgehead atoms. The van der Waals surface area contributed by atoms with Gasteiger partial charge in [0.1, 0.15) is 5.41 Å². The van der Waals surface area contributed by atoms with Gasteiger partial charge >= 0.3 is 5.97 Å². The van der Waals surface area contributed by atoms with E-state index < -0.39 is 17.5 Å². The van der Waals surface area contributed by atoms with Crippen LogP contribution in [0.15, 0.2) is 24.5 Å². The first-order valence-electron chi connectivity index (χ1n) is 8.07. The Morgan fingerprint density at radius 2 is 2.26 bits per heavy atom. The molecule has 1 saturated heterocycles. The van der Waals surface area contributed by atoms with Crippen molar-refractivity contribution in [2.75, 3.05) is 13.1 Å². The number of carbonyl (C=O) groups excluding carboxylic acids is 1. The zero-order valence-corrected chi connectivity index (χ0v) is 13.4. The number of carboxylic acid groups (broad SMARTS) is 1. The second-order valence-electron chi connectivity index (χ2n) is 6.19. The average molecular weight is 320 g/mol. The highest BCUT2D eigenvalue weighted by Gasteiger charge is 2.49. The van der Waals surface area contributed by atoms with Crippen LogP contribution in [0.1, 0.15) is 38.2 Å². The van der Waals surface area contributed by atoms with Crippen molar-refractivity contribution < 1.29 is 19.8 Å². The van der Waals surface area contributed by atoms with Crippen molar-refractivity contribution in [3.05, 3.63) is 30.1 Å². The van der Waals surface area contributed by atoms with Crippen LogP contribution in [0.5, 0.6) is 0 Å². The highest BCUT2D eigenvalue weighted by molar-refractivity contribution is 5.80. The van der Waals surface area contributed by atoms with Gasteiger partial charge in [-0.25, -0.2) is 0 Å². The van der Waals surface area contributed by atoms with Crippen molar-refractivity contribution in [1.29, 1.82) is 0 Å². The molecular weight excluding hydrogens is 296 g/mol. The van der Waals surface area contributed by atoms with Crippen LogP contribution in [0.2, 0.25) is 0 Å². The maximum Gasteiger partial charge on any atom is 0.314 e. The summed E-state index contributed by atoms with van der Waals surface area (Å²) in [5.41, 5.74) is -0.257. The summed E-state index contributed by atoms with van der Waals surface area (Å²) in [6, 6.07) is 3.74. The van der Waals surface area contributed by atoms with E-state index in [0.717, 1.165) is 5.56 Å². The third-order valence-corrected chi connectivity index (χ3v) is 4.61. The van der Waals surface area contributed by atoms with Crippen molar-refractivity contribution in [2.24, 2.45) is 5.41 Å². The average Bonchev–Trinajstić information content (AvgIpc) is 2.55. The normalized spacial score (nSPS) is 24.4. The van der Waals surface area contributed by atoms with Gasteiger partial charge in [0.15, 0.2) is 0 Å². The van der Waals surface area contributed by atoms with E-state index in [2.05, 4.69) is 4.98 Å². The third kappa shape index (κ3) is 3.88. The molecule has 2 atom stereocenters. The summed E-state index contributed by atoms with van der Waals surface area (Å²) in [5, 5.41) is 19.8.